The van der Waals surface area contributed by atoms with Crippen LogP contribution < -0.4 is 5.73 Å². The van der Waals surface area contributed by atoms with E-state index in [1.165, 1.54) is 16.7 Å². The van der Waals surface area contributed by atoms with Crippen LogP contribution in [-0.4, -0.2) is 30.3 Å². The Kier molecular flexibility index (Phi) is 9.13. The fraction of sp³-hybridized carbons (Fsp3) is 0.682. The normalized spacial score (nSPS) is 17.6. The number of carbonyl (C=O) groups is 1. The van der Waals surface area contributed by atoms with Crippen molar-refractivity contribution in [3.05, 3.63) is 34.9 Å². The van der Waals surface area contributed by atoms with Crippen LogP contribution in [0.1, 0.15) is 80.9 Å². The highest BCUT2D eigenvalue weighted by molar-refractivity contribution is 5.69. The lowest BCUT2D eigenvalue weighted by Crippen LogP contribution is -2.25. The van der Waals surface area contributed by atoms with Crippen LogP contribution in [-0.2, 0) is 22.4 Å². The first kappa shape index (κ1) is 20.9. The van der Waals surface area contributed by atoms with Gasteiger partial charge < -0.3 is 15.6 Å². The molecule has 3 N–H and O–H groups in total. The van der Waals surface area contributed by atoms with Crippen molar-refractivity contribution in [3.63, 3.8) is 0 Å². The number of aliphatic hydroxyl groups excluding tert-OH is 1. The fourth-order valence-corrected chi connectivity index (χ4v) is 3.78. The van der Waals surface area contributed by atoms with E-state index in [0.717, 1.165) is 57.8 Å². The van der Waals surface area contributed by atoms with E-state index in [9.17, 15) is 4.79 Å². The number of unbranched alkanes of at least 4 members (excludes halogenated alkanes) is 3. The highest BCUT2D eigenvalue weighted by Gasteiger charge is 2.23. The summed E-state index contributed by atoms with van der Waals surface area (Å²) in [6.45, 7) is 3.03. The van der Waals surface area contributed by atoms with Gasteiger partial charge in [0.2, 0.25) is 0 Å². The Balaban J connectivity index is 1.90. The van der Waals surface area contributed by atoms with Crippen LogP contribution in [0.25, 0.3) is 0 Å². The SMILES string of the molecule is CCCCCC(=O)OC1CCc2cc([C@H](CN)CCCCO)ccc2C1. The maximum absolute atomic E-state index is 12.0. The predicted molar refractivity (Wildman–Crippen MR) is 105 cm³/mol. The van der Waals surface area contributed by atoms with Crippen LogP contribution in [0, 0.1) is 0 Å². The van der Waals surface area contributed by atoms with Crippen molar-refractivity contribution >= 4 is 5.97 Å². The molecule has 4 heteroatoms. The Morgan fingerprint density at radius 3 is 2.85 bits per heavy atom. The molecule has 0 heterocycles. The molecule has 0 saturated heterocycles. The average Bonchev–Trinajstić information content (AvgIpc) is 2.65. The molecule has 146 valence electrons. The molecule has 1 aromatic carbocycles. The van der Waals surface area contributed by atoms with E-state index in [0.29, 0.717) is 18.9 Å². The molecule has 0 bridgehead atoms. The molecular weight excluding hydrogens is 326 g/mol. The lowest BCUT2D eigenvalue weighted by molar-refractivity contribution is -0.149. The number of fused-ring (bicyclic) bond motifs is 1. The van der Waals surface area contributed by atoms with E-state index in [1.54, 1.807) is 0 Å². The van der Waals surface area contributed by atoms with Crippen LogP contribution in [0.2, 0.25) is 0 Å². The van der Waals surface area contributed by atoms with Gasteiger partial charge in [0, 0.05) is 19.4 Å². The second-order valence-electron chi connectivity index (χ2n) is 7.49. The Labute approximate surface area is 158 Å². The molecule has 0 amide bonds. The van der Waals surface area contributed by atoms with Gasteiger partial charge in [-0.2, -0.15) is 0 Å². The van der Waals surface area contributed by atoms with E-state index in [4.69, 9.17) is 15.6 Å². The Morgan fingerprint density at radius 1 is 1.27 bits per heavy atom. The minimum atomic E-state index is -0.0457. The summed E-state index contributed by atoms with van der Waals surface area (Å²) >= 11 is 0. The molecular formula is C22H35NO3. The first-order valence-electron chi connectivity index (χ1n) is 10.3. The molecule has 0 aromatic heterocycles. The van der Waals surface area contributed by atoms with Gasteiger partial charge in [0.15, 0.2) is 0 Å². The van der Waals surface area contributed by atoms with Gasteiger partial charge in [0.05, 0.1) is 0 Å². The number of nitrogens with two attached hydrogens (primary N) is 1. The second kappa shape index (κ2) is 11.3. The molecule has 0 aliphatic heterocycles. The summed E-state index contributed by atoms with van der Waals surface area (Å²) in [5, 5.41) is 8.96. The number of ether oxygens (including phenoxy) is 1. The molecule has 0 radical (unpaired) electrons. The topological polar surface area (TPSA) is 72.5 Å². The highest BCUT2D eigenvalue weighted by atomic mass is 16.5. The zero-order valence-corrected chi connectivity index (χ0v) is 16.2. The van der Waals surface area contributed by atoms with Crippen LogP contribution in [0.3, 0.4) is 0 Å². The van der Waals surface area contributed by atoms with Gasteiger partial charge >= 0.3 is 5.97 Å². The lowest BCUT2D eigenvalue weighted by Gasteiger charge is -2.26. The number of hydrogen-bond donors (Lipinski definition) is 2. The minimum absolute atomic E-state index is 0.0253. The third-order valence-electron chi connectivity index (χ3n) is 5.41. The van der Waals surface area contributed by atoms with Crippen molar-refractivity contribution in [2.24, 2.45) is 5.73 Å². The summed E-state index contributed by atoms with van der Waals surface area (Å²) < 4.78 is 5.68. The fourth-order valence-electron chi connectivity index (χ4n) is 3.78. The first-order valence-corrected chi connectivity index (χ1v) is 10.3. The smallest absolute Gasteiger partial charge is 0.306 e. The largest absolute Gasteiger partial charge is 0.462 e. The van der Waals surface area contributed by atoms with Crippen molar-refractivity contribution in [3.8, 4) is 0 Å². The second-order valence-corrected chi connectivity index (χ2v) is 7.49. The number of rotatable bonds is 11. The summed E-state index contributed by atoms with van der Waals surface area (Å²) in [5.74, 6) is 0.316. The molecule has 1 aromatic rings. The summed E-state index contributed by atoms with van der Waals surface area (Å²) in [4.78, 5) is 12.0. The zero-order chi connectivity index (χ0) is 18.8. The van der Waals surface area contributed by atoms with Gasteiger partial charge in [-0.05, 0) is 61.3 Å². The molecule has 1 aliphatic rings. The number of aryl methyl sites for hydroxylation is 1. The Hall–Kier alpha value is -1.39. The molecule has 1 unspecified atom stereocenters. The quantitative estimate of drug-likeness (QED) is 0.463. The van der Waals surface area contributed by atoms with E-state index >= 15 is 0 Å². The Morgan fingerprint density at radius 2 is 2.12 bits per heavy atom. The van der Waals surface area contributed by atoms with E-state index in [2.05, 4.69) is 25.1 Å². The summed E-state index contributed by atoms with van der Waals surface area (Å²) in [6.07, 6.45) is 9.28. The van der Waals surface area contributed by atoms with E-state index < -0.39 is 0 Å². The van der Waals surface area contributed by atoms with Crippen LogP contribution in [0.5, 0.6) is 0 Å². The van der Waals surface area contributed by atoms with Gasteiger partial charge in [-0.3, -0.25) is 4.79 Å². The van der Waals surface area contributed by atoms with Crippen molar-refractivity contribution in [1.29, 1.82) is 0 Å². The van der Waals surface area contributed by atoms with Gasteiger partial charge in [0.25, 0.3) is 0 Å². The van der Waals surface area contributed by atoms with Gasteiger partial charge in [-0.1, -0.05) is 44.4 Å². The van der Waals surface area contributed by atoms with Gasteiger partial charge in [-0.15, -0.1) is 0 Å². The minimum Gasteiger partial charge on any atom is -0.462 e. The standard InChI is InChI=1S/C22H35NO3/c1-2-3-4-8-22(25)26-21-12-11-17-14-18(9-10-19(17)15-21)20(16-23)7-5-6-13-24/h9-10,14,20-21,24H,2-8,11-13,15-16,23H2,1H3/t20-,21?/m0/s1. The highest BCUT2D eigenvalue weighted by Crippen LogP contribution is 2.29. The molecule has 0 fully saturated rings. The molecule has 2 rings (SSSR count). The third-order valence-corrected chi connectivity index (χ3v) is 5.41. The summed E-state index contributed by atoms with van der Waals surface area (Å²) in [7, 11) is 0. The number of hydrogen-bond acceptors (Lipinski definition) is 4. The average molecular weight is 362 g/mol. The number of esters is 1. The molecule has 2 atom stereocenters. The van der Waals surface area contributed by atoms with Crippen LogP contribution >= 0.6 is 0 Å². The Bertz CT molecular complexity index is 558. The predicted octanol–water partition coefficient (Wildman–Crippen LogP) is 3.87. The maximum Gasteiger partial charge on any atom is 0.306 e. The first-order chi connectivity index (χ1) is 12.7. The molecule has 0 spiro atoms. The van der Waals surface area contributed by atoms with Gasteiger partial charge in [-0.25, -0.2) is 0 Å². The lowest BCUT2D eigenvalue weighted by atomic mass is 9.85. The van der Waals surface area contributed by atoms with E-state index in [1.807, 2.05) is 0 Å². The van der Waals surface area contributed by atoms with Crippen molar-refractivity contribution in [2.75, 3.05) is 13.2 Å². The van der Waals surface area contributed by atoms with Gasteiger partial charge in [0.1, 0.15) is 6.10 Å². The maximum atomic E-state index is 12.0. The van der Waals surface area contributed by atoms with Crippen molar-refractivity contribution in [1.82, 2.24) is 0 Å². The summed E-state index contributed by atoms with van der Waals surface area (Å²) in [6, 6.07) is 6.67. The molecule has 26 heavy (non-hydrogen) atoms. The monoisotopic (exact) mass is 361 g/mol. The molecule has 1 aliphatic carbocycles. The van der Waals surface area contributed by atoms with E-state index in [-0.39, 0.29) is 18.7 Å². The molecule has 0 saturated carbocycles. The number of carbonyl (C=O) groups excluding carboxylic acids is 1. The number of aliphatic hydroxyl groups is 1. The zero-order valence-electron chi connectivity index (χ0n) is 16.2. The molecule has 4 nitrogen and oxygen atoms in total. The van der Waals surface area contributed by atoms with Crippen LogP contribution in [0.15, 0.2) is 18.2 Å². The van der Waals surface area contributed by atoms with Crippen LogP contribution in [0.4, 0.5) is 0 Å². The number of benzene rings is 1. The summed E-state index contributed by atoms with van der Waals surface area (Å²) in [5.41, 5.74) is 9.95. The van der Waals surface area contributed by atoms with Crippen molar-refractivity contribution in [2.45, 2.75) is 83.2 Å². The third kappa shape index (κ3) is 6.40. The van der Waals surface area contributed by atoms with Crippen molar-refractivity contribution < 1.29 is 14.6 Å².